The first kappa shape index (κ1) is 23.4. The quantitative estimate of drug-likeness (QED) is 0.191. The van der Waals surface area contributed by atoms with Gasteiger partial charge in [0.25, 0.3) is 0 Å². The molecule has 0 atom stereocenters. The molecule has 1 aromatic carbocycles. The largest absolute Gasteiger partial charge is 0.462 e. The number of amides is 1. The first-order valence-corrected chi connectivity index (χ1v) is 9.75. The van der Waals surface area contributed by atoms with Gasteiger partial charge in [0.05, 0.1) is 18.8 Å². The van der Waals surface area contributed by atoms with Crippen molar-refractivity contribution in [1.29, 1.82) is 0 Å². The van der Waals surface area contributed by atoms with Crippen LogP contribution in [-0.4, -0.2) is 60.0 Å². The standard InChI is InChI=1S/C20H22FN7O5/c1-12(29)31-5-6-33-27-15-9-28(10-15)19-24-7-14(8-25-19)16-4-2-3-13(17(16)21)11-32-20(30)26-18(22)23/h2-4,7-8H,5-6,9-11H2,1H3,(H4,22,23,26,30). The molecule has 13 heteroatoms. The van der Waals surface area contributed by atoms with Crippen molar-refractivity contribution in [2.24, 2.45) is 21.6 Å². The molecule has 1 aliphatic rings. The lowest BCUT2D eigenvalue weighted by molar-refractivity contribution is -0.142. The molecular formula is C20H22FN7O5. The van der Waals surface area contributed by atoms with Gasteiger partial charge < -0.3 is 30.7 Å². The molecule has 3 rings (SSSR count). The number of aromatic nitrogens is 2. The summed E-state index contributed by atoms with van der Waals surface area (Å²) in [6.07, 6.45) is 1.99. The number of hydrogen-bond acceptors (Lipinski definition) is 9. The average Bonchev–Trinajstić information content (AvgIpc) is 2.74. The van der Waals surface area contributed by atoms with Gasteiger partial charge >= 0.3 is 12.1 Å². The van der Waals surface area contributed by atoms with Gasteiger partial charge in [0, 0.05) is 36.0 Å². The van der Waals surface area contributed by atoms with Crippen molar-refractivity contribution in [3.05, 3.63) is 42.0 Å². The van der Waals surface area contributed by atoms with Crippen molar-refractivity contribution in [2.75, 3.05) is 31.2 Å². The number of carbonyl (C=O) groups excluding carboxylic acids is 2. The molecule has 0 spiro atoms. The maximum absolute atomic E-state index is 14.9. The molecule has 0 unspecified atom stereocenters. The lowest BCUT2D eigenvalue weighted by Crippen LogP contribution is -2.48. The molecule has 1 aromatic heterocycles. The van der Waals surface area contributed by atoms with E-state index in [0.29, 0.717) is 24.6 Å². The van der Waals surface area contributed by atoms with E-state index < -0.39 is 17.9 Å². The van der Waals surface area contributed by atoms with Crippen LogP contribution in [0.3, 0.4) is 0 Å². The fraction of sp³-hybridized carbons (Fsp3) is 0.300. The number of halogens is 1. The van der Waals surface area contributed by atoms with Gasteiger partial charge in [0.2, 0.25) is 5.95 Å². The minimum absolute atomic E-state index is 0.136. The second-order valence-corrected chi connectivity index (χ2v) is 6.83. The van der Waals surface area contributed by atoms with Crippen LogP contribution < -0.4 is 16.4 Å². The lowest BCUT2D eigenvalue weighted by Gasteiger charge is -2.31. The van der Waals surface area contributed by atoms with Gasteiger partial charge in [-0.3, -0.25) is 4.79 Å². The molecule has 1 fully saturated rings. The summed E-state index contributed by atoms with van der Waals surface area (Å²) in [4.78, 5) is 40.8. The molecule has 1 saturated heterocycles. The summed E-state index contributed by atoms with van der Waals surface area (Å²) < 4.78 is 24.5. The number of ether oxygens (including phenoxy) is 2. The maximum Gasteiger partial charge on any atom is 0.437 e. The van der Waals surface area contributed by atoms with Crippen LogP contribution in [0, 0.1) is 5.82 Å². The fourth-order valence-electron chi connectivity index (χ4n) is 2.77. The van der Waals surface area contributed by atoms with Crippen LogP contribution in [-0.2, 0) is 25.7 Å². The van der Waals surface area contributed by atoms with Crippen molar-refractivity contribution >= 4 is 29.7 Å². The van der Waals surface area contributed by atoms with Crippen LogP contribution in [0.4, 0.5) is 15.1 Å². The third-order valence-electron chi connectivity index (χ3n) is 4.30. The minimum Gasteiger partial charge on any atom is -0.462 e. The number of nitrogens with two attached hydrogens (primary N) is 2. The normalized spacial score (nSPS) is 12.4. The summed E-state index contributed by atoms with van der Waals surface area (Å²) in [5, 5.41) is 3.95. The van der Waals surface area contributed by atoms with Gasteiger partial charge in [-0.25, -0.2) is 19.2 Å². The van der Waals surface area contributed by atoms with E-state index in [2.05, 4.69) is 20.1 Å². The third-order valence-corrected chi connectivity index (χ3v) is 4.30. The fourth-order valence-corrected chi connectivity index (χ4v) is 2.77. The topological polar surface area (TPSA) is 168 Å². The Balaban J connectivity index is 1.56. The number of rotatable bonds is 8. The Morgan fingerprint density at radius 1 is 1.15 bits per heavy atom. The number of esters is 1. The van der Waals surface area contributed by atoms with Crippen LogP contribution in [0.1, 0.15) is 12.5 Å². The summed E-state index contributed by atoms with van der Waals surface area (Å²) in [6.45, 7) is 2.26. The third kappa shape index (κ3) is 6.59. The Labute approximate surface area is 188 Å². The van der Waals surface area contributed by atoms with Crippen LogP contribution in [0.5, 0.6) is 0 Å². The molecular weight excluding hydrogens is 437 g/mol. The summed E-state index contributed by atoms with van der Waals surface area (Å²) in [7, 11) is 0. The molecule has 2 aromatic rings. The van der Waals surface area contributed by atoms with E-state index in [1.807, 2.05) is 4.90 Å². The number of oxime groups is 1. The summed E-state index contributed by atoms with van der Waals surface area (Å²) in [5.41, 5.74) is 11.8. The first-order chi connectivity index (χ1) is 15.8. The second kappa shape index (κ2) is 10.8. The molecule has 2 heterocycles. The lowest BCUT2D eigenvalue weighted by atomic mass is 10.1. The van der Waals surface area contributed by atoms with Crippen LogP contribution in [0.25, 0.3) is 11.1 Å². The molecule has 0 aliphatic carbocycles. The smallest absolute Gasteiger partial charge is 0.437 e. The number of carbonyl (C=O) groups is 2. The van der Waals surface area contributed by atoms with Crippen LogP contribution in [0.15, 0.2) is 40.7 Å². The zero-order valence-electron chi connectivity index (χ0n) is 17.7. The highest BCUT2D eigenvalue weighted by molar-refractivity contribution is 5.98. The van der Waals surface area contributed by atoms with E-state index in [4.69, 9.17) is 25.8 Å². The second-order valence-electron chi connectivity index (χ2n) is 6.83. The van der Waals surface area contributed by atoms with Crippen molar-refractivity contribution in [3.63, 3.8) is 0 Å². The SMILES string of the molecule is CC(=O)OCCON=C1CN(c2ncc(-c3cccc(COC(=O)N=C(N)N)c3F)cn2)C1. The Kier molecular flexibility index (Phi) is 7.68. The molecule has 0 saturated carbocycles. The Bertz CT molecular complexity index is 1060. The Morgan fingerprint density at radius 2 is 1.88 bits per heavy atom. The van der Waals surface area contributed by atoms with E-state index in [0.717, 1.165) is 5.71 Å². The highest BCUT2D eigenvalue weighted by atomic mass is 19.1. The van der Waals surface area contributed by atoms with Gasteiger partial charge in [-0.2, -0.15) is 0 Å². The van der Waals surface area contributed by atoms with Crippen molar-refractivity contribution in [3.8, 4) is 11.1 Å². The molecule has 12 nitrogen and oxygen atoms in total. The summed E-state index contributed by atoms with van der Waals surface area (Å²) >= 11 is 0. The predicted octanol–water partition coefficient (Wildman–Crippen LogP) is 0.948. The summed E-state index contributed by atoms with van der Waals surface area (Å²) in [5.74, 6) is -0.936. The van der Waals surface area contributed by atoms with Gasteiger partial charge in [0.1, 0.15) is 19.0 Å². The molecule has 1 amide bonds. The molecule has 33 heavy (non-hydrogen) atoms. The number of anilines is 1. The number of hydrogen-bond donors (Lipinski definition) is 2. The molecule has 4 N–H and O–H groups in total. The van der Waals surface area contributed by atoms with E-state index in [-0.39, 0.29) is 36.9 Å². The molecule has 1 aliphatic heterocycles. The van der Waals surface area contributed by atoms with Crippen molar-refractivity contribution < 1.29 is 28.3 Å². The zero-order chi connectivity index (χ0) is 23.8. The van der Waals surface area contributed by atoms with E-state index in [1.54, 1.807) is 12.1 Å². The van der Waals surface area contributed by atoms with E-state index in [1.165, 1.54) is 25.4 Å². The van der Waals surface area contributed by atoms with E-state index >= 15 is 0 Å². The van der Waals surface area contributed by atoms with Gasteiger partial charge in [-0.05, 0) is 0 Å². The average molecular weight is 459 g/mol. The maximum atomic E-state index is 14.9. The van der Waals surface area contributed by atoms with Crippen LogP contribution >= 0.6 is 0 Å². The number of aliphatic imine (C=N–C) groups is 1. The van der Waals surface area contributed by atoms with Gasteiger partial charge in [-0.15, -0.1) is 4.99 Å². The number of guanidine groups is 1. The molecule has 0 radical (unpaired) electrons. The van der Waals surface area contributed by atoms with Crippen molar-refractivity contribution in [2.45, 2.75) is 13.5 Å². The highest BCUT2D eigenvalue weighted by Gasteiger charge is 2.25. The van der Waals surface area contributed by atoms with Gasteiger partial charge in [-0.1, -0.05) is 23.4 Å². The van der Waals surface area contributed by atoms with Gasteiger partial charge in [0.15, 0.2) is 12.6 Å². The van der Waals surface area contributed by atoms with E-state index in [9.17, 15) is 14.0 Å². The Morgan fingerprint density at radius 3 is 2.55 bits per heavy atom. The molecule has 0 bridgehead atoms. The first-order valence-electron chi connectivity index (χ1n) is 9.75. The number of nitrogens with zero attached hydrogens (tertiary/aromatic N) is 5. The number of benzene rings is 1. The predicted molar refractivity (Wildman–Crippen MR) is 116 cm³/mol. The zero-order valence-corrected chi connectivity index (χ0v) is 17.7. The monoisotopic (exact) mass is 459 g/mol. The van der Waals surface area contributed by atoms with Crippen LogP contribution in [0.2, 0.25) is 0 Å². The molecule has 174 valence electrons. The van der Waals surface area contributed by atoms with Crippen molar-refractivity contribution in [1.82, 2.24) is 9.97 Å². The minimum atomic E-state index is -1.01. The highest BCUT2D eigenvalue weighted by Crippen LogP contribution is 2.26. The summed E-state index contributed by atoms with van der Waals surface area (Å²) in [6, 6.07) is 4.67. The Hall–Kier alpha value is -4.29.